The second kappa shape index (κ2) is 7.96. The van der Waals surface area contributed by atoms with Crippen LogP contribution in [-0.4, -0.2) is 5.78 Å². The molecular formula is C15H20F2O. The maximum absolute atomic E-state index is 12.9. The summed E-state index contributed by atoms with van der Waals surface area (Å²) < 4.78 is 25.6. The van der Waals surface area contributed by atoms with Gasteiger partial charge in [0.05, 0.1) is 0 Å². The lowest BCUT2D eigenvalue weighted by molar-refractivity contribution is -0.118. The number of halogens is 2. The molecule has 0 amide bonds. The van der Waals surface area contributed by atoms with Gasteiger partial charge in [0.15, 0.2) is 11.6 Å². The van der Waals surface area contributed by atoms with Crippen LogP contribution in [0.3, 0.4) is 0 Å². The van der Waals surface area contributed by atoms with Gasteiger partial charge in [-0.1, -0.05) is 38.7 Å². The first-order chi connectivity index (χ1) is 8.63. The smallest absolute Gasteiger partial charge is 0.159 e. The molecular weight excluding hydrogens is 234 g/mol. The molecule has 0 heterocycles. The average Bonchev–Trinajstić information content (AvgIpc) is 2.34. The molecule has 100 valence electrons. The molecule has 0 atom stereocenters. The van der Waals surface area contributed by atoms with Gasteiger partial charge in [0.25, 0.3) is 0 Å². The summed E-state index contributed by atoms with van der Waals surface area (Å²) in [5.74, 6) is -1.66. The summed E-state index contributed by atoms with van der Waals surface area (Å²) >= 11 is 0. The number of carbonyl (C=O) groups is 1. The Morgan fingerprint density at radius 3 is 2.44 bits per heavy atom. The third-order valence-electron chi connectivity index (χ3n) is 2.94. The molecule has 0 N–H and O–H groups in total. The molecule has 1 rings (SSSR count). The van der Waals surface area contributed by atoms with E-state index in [4.69, 9.17) is 0 Å². The fourth-order valence-corrected chi connectivity index (χ4v) is 1.89. The largest absolute Gasteiger partial charge is 0.299 e. The Morgan fingerprint density at radius 2 is 1.78 bits per heavy atom. The van der Waals surface area contributed by atoms with Gasteiger partial charge in [0.1, 0.15) is 5.78 Å². The summed E-state index contributed by atoms with van der Waals surface area (Å²) in [5, 5.41) is 0. The van der Waals surface area contributed by atoms with Gasteiger partial charge in [0, 0.05) is 12.8 Å². The number of rotatable bonds is 8. The summed E-state index contributed by atoms with van der Waals surface area (Å²) in [7, 11) is 0. The zero-order chi connectivity index (χ0) is 13.4. The van der Waals surface area contributed by atoms with Gasteiger partial charge in [-0.15, -0.1) is 0 Å². The number of ketones is 1. The number of benzene rings is 1. The number of unbranched alkanes of at least 4 members (excludes halogenated alkanes) is 4. The molecule has 0 unspecified atom stereocenters. The Balaban J connectivity index is 2.29. The van der Waals surface area contributed by atoms with Crippen LogP contribution in [0.15, 0.2) is 18.2 Å². The molecule has 0 aliphatic heterocycles. The van der Waals surface area contributed by atoms with Gasteiger partial charge in [-0.2, -0.15) is 0 Å². The molecule has 0 saturated heterocycles. The highest BCUT2D eigenvalue weighted by atomic mass is 19.2. The van der Waals surface area contributed by atoms with Crippen molar-refractivity contribution in [2.24, 2.45) is 0 Å². The van der Waals surface area contributed by atoms with Crippen LogP contribution >= 0.6 is 0 Å². The van der Waals surface area contributed by atoms with Gasteiger partial charge in [-0.3, -0.25) is 4.79 Å². The van der Waals surface area contributed by atoms with Crippen LogP contribution in [0.1, 0.15) is 51.0 Å². The minimum Gasteiger partial charge on any atom is -0.299 e. The van der Waals surface area contributed by atoms with E-state index in [-0.39, 0.29) is 12.2 Å². The molecule has 0 saturated carbocycles. The van der Waals surface area contributed by atoms with Gasteiger partial charge in [-0.05, 0) is 24.1 Å². The average molecular weight is 254 g/mol. The van der Waals surface area contributed by atoms with E-state index in [1.54, 1.807) is 0 Å². The van der Waals surface area contributed by atoms with E-state index < -0.39 is 11.6 Å². The van der Waals surface area contributed by atoms with Crippen molar-refractivity contribution < 1.29 is 13.6 Å². The first-order valence-electron chi connectivity index (χ1n) is 6.59. The van der Waals surface area contributed by atoms with Crippen LogP contribution in [0.2, 0.25) is 0 Å². The molecule has 18 heavy (non-hydrogen) atoms. The number of carbonyl (C=O) groups excluding carboxylic acids is 1. The van der Waals surface area contributed by atoms with Crippen molar-refractivity contribution in [2.45, 2.75) is 51.9 Å². The second-order valence-corrected chi connectivity index (χ2v) is 4.63. The molecule has 0 radical (unpaired) electrons. The summed E-state index contributed by atoms with van der Waals surface area (Å²) in [6, 6.07) is 3.64. The predicted octanol–water partition coefficient (Wildman–Crippen LogP) is 4.44. The highest BCUT2D eigenvalue weighted by Gasteiger charge is 2.07. The van der Waals surface area contributed by atoms with Crippen molar-refractivity contribution in [3.63, 3.8) is 0 Å². The molecule has 0 aromatic heterocycles. The van der Waals surface area contributed by atoms with Crippen molar-refractivity contribution in [3.05, 3.63) is 35.4 Å². The fraction of sp³-hybridized carbons (Fsp3) is 0.533. The second-order valence-electron chi connectivity index (χ2n) is 4.63. The van der Waals surface area contributed by atoms with E-state index in [0.717, 1.165) is 31.4 Å². The molecule has 3 heteroatoms. The third-order valence-corrected chi connectivity index (χ3v) is 2.94. The maximum atomic E-state index is 12.9. The zero-order valence-electron chi connectivity index (χ0n) is 10.8. The van der Waals surface area contributed by atoms with Crippen LogP contribution in [0.4, 0.5) is 8.78 Å². The Kier molecular flexibility index (Phi) is 6.55. The Hall–Kier alpha value is -1.25. The molecule has 0 fully saturated rings. The summed E-state index contributed by atoms with van der Waals surface area (Å²) in [6.07, 6.45) is 6.24. The summed E-state index contributed by atoms with van der Waals surface area (Å²) in [5.41, 5.74) is 0.549. The molecule has 1 nitrogen and oxygen atoms in total. The van der Waals surface area contributed by atoms with E-state index >= 15 is 0 Å². The first kappa shape index (κ1) is 14.8. The topological polar surface area (TPSA) is 17.1 Å². The SMILES string of the molecule is CCCCCCCC(=O)Cc1ccc(F)c(F)c1. The van der Waals surface area contributed by atoms with Crippen molar-refractivity contribution in [2.75, 3.05) is 0 Å². The Morgan fingerprint density at radius 1 is 1.06 bits per heavy atom. The molecule has 1 aromatic carbocycles. The summed E-state index contributed by atoms with van der Waals surface area (Å²) in [6.45, 7) is 2.15. The quantitative estimate of drug-likeness (QED) is 0.627. The molecule has 0 aliphatic rings. The maximum Gasteiger partial charge on any atom is 0.159 e. The third kappa shape index (κ3) is 5.39. The van der Waals surface area contributed by atoms with Crippen LogP contribution in [0.25, 0.3) is 0 Å². The molecule has 0 spiro atoms. The fourth-order valence-electron chi connectivity index (χ4n) is 1.89. The first-order valence-corrected chi connectivity index (χ1v) is 6.59. The summed E-state index contributed by atoms with van der Waals surface area (Å²) in [4.78, 5) is 11.6. The van der Waals surface area contributed by atoms with Crippen LogP contribution in [0.5, 0.6) is 0 Å². The van der Waals surface area contributed by atoms with Crippen molar-refractivity contribution in [1.82, 2.24) is 0 Å². The lowest BCUT2D eigenvalue weighted by atomic mass is 10.0. The van der Waals surface area contributed by atoms with Gasteiger partial charge < -0.3 is 0 Å². The van der Waals surface area contributed by atoms with Crippen molar-refractivity contribution in [3.8, 4) is 0 Å². The Labute approximate surface area is 107 Å². The number of hydrogen-bond acceptors (Lipinski definition) is 1. The van der Waals surface area contributed by atoms with Crippen LogP contribution in [-0.2, 0) is 11.2 Å². The number of Topliss-reactive ketones (excluding diaryl/α,β-unsaturated/α-hetero) is 1. The van der Waals surface area contributed by atoms with E-state index in [2.05, 4.69) is 6.92 Å². The lowest BCUT2D eigenvalue weighted by Gasteiger charge is -2.02. The van der Waals surface area contributed by atoms with Gasteiger partial charge in [0.2, 0.25) is 0 Å². The van der Waals surface area contributed by atoms with Gasteiger partial charge >= 0.3 is 0 Å². The highest BCUT2D eigenvalue weighted by Crippen LogP contribution is 2.11. The Bertz CT molecular complexity index is 388. The molecule has 0 aliphatic carbocycles. The van der Waals surface area contributed by atoms with Crippen LogP contribution in [0, 0.1) is 11.6 Å². The zero-order valence-corrected chi connectivity index (χ0v) is 10.8. The highest BCUT2D eigenvalue weighted by molar-refractivity contribution is 5.80. The molecule has 0 bridgehead atoms. The number of hydrogen-bond donors (Lipinski definition) is 0. The normalized spacial score (nSPS) is 10.6. The predicted molar refractivity (Wildman–Crippen MR) is 68.4 cm³/mol. The molecule has 1 aromatic rings. The van der Waals surface area contributed by atoms with Crippen molar-refractivity contribution in [1.29, 1.82) is 0 Å². The van der Waals surface area contributed by atoms with Gasteiger partial charge in [-0.25, -0.2) is 8.78 Å². The van der Waals surface area contributed by atoms with Crippen LogP contribution < -0.4 is 0 Å². The van der Waals surface area contributed by atoms with E-state index in [1.807, 2.05) is 0 Å². The lowest BCUT2D eigenvalue weighted by Crippen LogP contribution is -2.03. The van der Waals surface area contributed by atoms with E-state index in [9.17, 15) is 13.6 Å². The van der Waals surface area contributed by atoms with Crippen molar-refractivity contribution >= 4 is 5.78 Å². The van der Waals surface area contributed by atoms with E-state index in [0.29, 0.717) is 12.0 Å². The minimum absolute atomic E-state index is 0.0949. The standard InChI is InChI=1S/C15H20F2O/c1-2-3-4-5-6-7-13(18)10-12-8-9-14(16)15(17)11-12/h8-9,11H,2-7,10H2,1H3. The van der Waals surface area contributed by atoms with E-state index in [1.165, 1.54) is 18.9 Å². The minimum atomic E-state index is -0.886. The monoisotopic (exact) mass is 254 g/mol.